The number of furan rings is 2. The third kappa shape index (κ3) is 3.62. The smallest absolute Gasteiger partial charge is 0.371 e. The van der Waals surface area contributed by atoms with Crippen molar-refractivity contribution in [1.29, 1.82) is 0 Å². The molecule has 1 fully saturated rings. The van der Waals surface area contributed by atoms with E-state index in [-0.39, 0.29) is 12.5 Å². The molecule has 146 valence electrons. The van der Waals surface area contributed by atoms with E-state index in [0.717, 1.165) is 22.0 Å². The molecule has 3 rings (SSSR count). The number of carboxylic acid groups (broad SMARTS) is 1. The third-order valence-electron chi connectivity index (χ3n) is 4.59. The first-order valence-electron chi connectivity index (χ1n) is 8.34. The first-order valence-corrected chi connectivity index (χ1v) is 9.78. The molecule has 1 atom stereocenters. The van der Waals surface area contributed by atoms with Crippen LogP contribution in [0, 0.1) is 6.92 Å². The molecule has 1 amide bonds. The normalized spacial score (nSPS) is 17.9. The monoisotopic (exact) mass is 396 g/mol. The van der Waals surface area contributed by atoms with E-state index < -0.39 is 32.9 Å². The van der Waals surface area contributed by atoms with Crippen LogP contribution in [0.2, 0.25) is 0 Å². The largest absolute Gasteiger partial charge is 0.475 e. The van der Waals surface area contributed by atoms with Crippen molar-refractivity contribution in [3.63, 3.8) is 0 Å². The molecule has 0 saturated carbocycles. The van der Waals surface area contributed by atoms with E-state index in [0.29, 0.717) is 25.1 Å². The topological polar surface area (TPSA) is 121 Å². The Hall–Kier alpha value is -2.59. The van der Waals surface area contributed by atoms with Gasteiger partial charge in [0.25, 0.3) is 10.0 Å². The average Bonchev–Trinajstić information content (AvgIpc) is 3.35. The summed E-state index contributed by atoms with van der Waals surface area (Å²) in [6, 6.07) is 3.08. The highest BCUT2D eigenvalue weighted by Crippen LogP contribution is 2.28. The van der Waals surface area contributed by atoms with Gasteiger partial charge >= 0.3 is 5.97 Å². The maximum atomic E-state index is 12.8. The van der Waals surface area contributed by atoms with Gasteiger partial charge in [-0.1, -0.05) is 0 Å². The van der Waals surface area contributed by atoms with E-state index in [4.69, 9.17) is 13.9 Å². The zero-order valence-corrected chi connectivity index (χ0v) is 15.7. The standard InChI is InChI=1S/C17H20N2O7S/c1-11-12(7-9-25-11)10-18(2)16(20)13-4-3-8-19(13)27(23,24)15-6-5-14(26-15)17(21)22/h5-7,9,13H,3-4,8,10H2,1-2H3,(H,21,22). The van der Waals surface area contributed by atoms with Crippen LogP contribution in [0.15, 0.2) is 38.4 Å². The number of amides is 1. The van der Waals surface area contributed by atoms with Gasteiger partial charge in [0.05, 0.1) is 6.26 Å². The van der Waals surface area contributed by atoms with Gasteiger partial charge in [0.1, 0.15) is 11.8 Å². The van der Waals surface area contributed by atoms with Crippen molar-refractivity contribution in [2.24, 2.45) is 0 Å². The van der Waals surface area contributed by atoms with Crippen LogP contribution in [-0.2, 0) is 21.4 Å². The van der Waals surface area contributed by atoms with E-state index in [2.05, 4.69) is 0 Å². The Bertz CT molecular complexity index is 960. The third-order valence-corrected chi connectivity index (χ3v) is 6.38. The Morgan fingerprint density at radius 2 is 2.07 bits per heavy atom. The lowest BCUT2D eigenvalue weighted by molar-refractivity contribution is -0.133. The second kappa shape index (κ2) is 7.20. The minimum atomic E-state index is -4.11. The molecule has 1 saturated heterocycles. The summed E-state index contributed by atoms with van der Waals surface area (Å²) < 4.78 is 36.9. The molecule has 1 aliphatic rings. The lowest BCUT2D eigenvalue weighted by atomic mass is 10.2. The Morgan fingerprint density at radius 1 is 1.33 bits per heavy atom. The molecule has 2 aromatic rings. The minimum Gasteiger partial charge on any atom is -0.475 e. The van der Waals surface area contributed by atoms with Gasteiger partial charge < -0.3 is 18.8 Å². The van der Waals surface area contributed by atoms with Crippen LogP contribution in [0.1, 0.15) is 34.7 Å². The van der Waals surface area contributed by atoms with E-state index in [1.54, 1.807) is 20.0 Å². The van der Waals surface area contributed by atoms with Crippen LogP contribution in [-0.4, -0.2) is 54.2 Å². The van der Waals surface area contributed by atoms with Crippen molar-refractivity contribution in [2.75, 3.05) is 13.6 Å². The van der Waals surface area contributed by atoms with Gasteiger partial charge in [0, 0.05) is 25.7 Å². The number of aryl methyl sites for hydroxylation is 1. The number of carbonyl (C=O) groups is 2. The van der Waals surface area contributed by atoms with Crippen molar-refractivity contribution in [3.8, 4) is 0 Å². The fourth-order valence-corrected chi connectivity index (χ4v) is 4.69. The highest BCUT2D eigenvalue weighted by atomic mass is 32.2. The molecule has 9 nitrogen and oxygen atoms in total. The summed E-state index contributed by atoms with van der Waals surface area (Å²) in [5.74, 6) is -1.46. The van der Waals surface area contributed by atoms with E-state index in [1.807, 2.05) is 0 Å². The first kappa shape index (κ1) is 19.2. The number of likely N-dealkylation sites (N-methyl/N-ethyl adjacent to an activating group) is 1. The van der Waals surface area contributed by atoms with Crippen LogP contribution >= 0.6 is 0 Å². The number of sulfonamides is 1. The van der Waals surface area contributed by atoms with Gasteiger partial charge in [0.15, 0.2) is 0 Å². The van der Waals surface area contributed by atoms with Crippen molar-refractivity contribution < 1.29 is 31.9 Å². The fourth-order valence-electron chi connectivity index (χ4n) is 3.13. The average molecular weight is 396 g/mol. The van der Waals surface area contributed by atoms with Gasteiger partial charge in [-0.15, -0.1) is 0 Å². The van der Waals surface area contributed by atoms with Crippen molar-refractivity contribution in [2.45, 2.75) is 37.4 Å². The maximum Gasteiger partial charge on any atom is 0.371 e. The number of rotatable bonds is 6. The molecule has 1 unspecified atom stereocenters. The summed E-state index contributed by atoms with van der Waals surface area (Å²) >= 11 is 0. The Balaban J connectivity index is 1.80. The molecule has 3 heterocycles. The molecule has 27 heavy (non-hydrogen) atoms. The van der Waals surface area contributed by atoms with Crippen LogP contribution in [0.25, 0.3) is 0 Å². The highest BCUT2D eigenvalue weighted by molar-refractivity contribution is 7.89. The molecule has 0 bridgehead atoms. The van der Waals surface area contributed by atoms with Gasteiger partial charge in [-0.3, -0.25) is 4.79 Å². The van der Waals surface area contributed by atoms with E-state index in [9.17, 15) is 18.0 Å². The molecule has 1 N–H and O–H groups in total. The molecular formula is C17H20N2O7S. The number of carbonyl (C=O) groups excluding carboxylic acids is 1. The van der Waals surface area contributed by atoms with Crippen molar-refractivity contribution >= 4 is 21.9 Å². The Labute approximate surface area is 156 Å². The Kier molecular flexibility index (Phi) is 5.11. The lowest BCUT2D eigenvalue weighted by Crippen LogP contribution is -2.46. The van der Waals surface area contributed by atoms with Crippen molar-refractivity contribution in [3.05, 3.63) is 41.5 Å². The summed E-state index contributed by atoms with van der Waals surface area (Å²) in [5.41, 5.74) is 0.843. The predicted octanol–water partition coefficient (Wildman–Crippen LogP) is 1.69. The predicted molar refractivity (Wildman–Crippen MR) is 92.5 cm³/mol. The Morgan fingerprint density at radius 3 is 2.67 bits per heavy atom. The highest BCUT2D eigenvalue weighted by Gasteiger charge is 2.42. The quantitative estimate of drug-likeness (QED) is 0.788. The number of carboxylic acids is 1. The van der Waals surface area contributed by atoms with E-state index >= 15 is 0 Å². The van der Waals surface area contributed by atoms with Gasteiger partial charge in [0.2, 0.25) is 16.8 Å². The lowest BCUT2D eigenvalue weighted by Gasteiger charge is -2.26. The number of nitrogens with zero attached hydrogens (tertiary/aromatic N) is 2. The molecule has 0 radical (unpaired) electrons. The molecule has 0 spiro atoms. The van der Waals surface area contributed by atoms with Gasteiger partial charge in [-0.2, -0.15) is 4.31 Å². The van der Waals surface area contributed by atoms with E-state index in [1.165, 1.54) is 11.2 Å². The maximum absolute atomic E-state index is 12.8. The molecule has 1 aliphatic heterocycles. The summed E-state index contributed by atoms with van der Waals surface area (Å²) in [7, 11) is -2.51. The zero-order chi connectivity index (χ0) is 19.8. The summed E-state index contributed by atoms with van der Waals surface area (Å²) in [6.45, 7) is 2.26. The molecule has 0 aromatic carbocycles. The number of aromatic carboxylic acids is 1. The van der Waals surface area contributed by atoms with Crippen LogP contribution in [0.4, 0.5) is 0 Å². The fraction of sp³-hybridized carbons (Fsp3) is 0.412. The second-order valence-electron chi connectivity index (χ2n) is 6.39. The molecule has 2 aromatic heterocycles. The first-order chi connectivity index (χ1) is 12.7. The van der Waals surface area contributed by atoms with Crippen LogP contribution in [0.3, 0.4) is 0 Å². The molecule has 0 aliphatic carbocycles. The van der Waals surface area contributed by atoms with Crippen molar-refractivity contribution in [1.82, 2.24) is 9.21 Å². The zero-order valence-electron chi connectivity index (χ0n) is 14.9. The number of hydrogen-bond donors (Lipinski definition) is 1. The molecular weight excluding hydrogens is 376 g/mol. The summed E-state index contributed by atoms with van der Waals surface area (Å²) in [6.07, 6.45) is 2.45. The number of hydrogen-bond acceptors (Lipinski definition) is 6. The minimum absolute atomic E-state index is 0.167. The van der Waals surface area contributed by atoms with Crippen LogP contribution < -0.4 is 0 Å². The summed E-state index contributed by atoms with van der Waals surface area (Å²) in [4.78, 5) is 25.2. The molecule has 10 heteroatoms. The second-order valence-corrected chi connectivity index (χ2v) is 8.22. The van der Waals surface area contributed by atoms with Gasteiger partial charge in [-0.25, -0.2) is 13.2 Å². The summed E-state index contributed by atoms with van der Waals surface area (Å²) in [5, 5.41) is 8.44. The SMILES string of the molecule is Cc1occc1CN(C)C(=O)C1CCCN1S(=O)(=O)c1ccc(C(=O)O)o1. The van der Waals surface area contributed by atoms with Gasteiger partial charge in [-0.05, 0) is 38.0 Å². The van der Waals surface area contributed by atoms with Crippen LogP contribution in [0.5, 0.6) is 0 Å².